The summed E-state index contributed by atoms with van der Waals surface area (Å²) in [4.78, 5) is 15.9. The van der Waals surface area contributed by atoms with Gasteiger partial charge in [-0.2, -0.15) is 0 Å². The van der Waals surface area contributed by atoms with Crippen LogP contribution in [0.4, 0.5) is 0 Å². The molecule has 1 aromatic heterocycles. The molecule has 2 aromatic carbocycles. The number of para-hydroxylation sites is 1. The summed E-state index contributed by atoms with van der Waals surface area (Å²) in [5.74, 6) is 0.108. The number of carbonyl (C=O) groups is 1. The van der Waals surface area contributed by atoms with E-state index < -0.39 is 5.97 Å². The average molecular weight is 402 g/mol. The Labute approximate surface area is 165 Å². The zero-order valence-electron chi connectivity index (χ0n) is 14.3. The van der Waals surface area contributed by atoms with Crippen LogP contribution in [0.3, 0.4) is 0 Å². The zero-order chi connectivity index (χ0) is 19.2. The third kappa shape index (κ3) is 5.12. The molecule has 0 spiro atoms. The predicted molar refractivity (Wildman–Crippen MR) is 105 cm³/mol. The van der Waals surface area contributed by atoms with E-state index in [-0.39, 0.29) is 11.5 Å². The summed E-state index contributed by atoms with van der Waals surface area (Å²) >= 11 is 7.13. The number of nitrogens with one attached hydrogen (secondary N) is 1. The lowest BCUT2D eigenvalue weighted by molar-refractivity contribution is -0.131. The topological polar surface area (TPSA) is 88.1 Å². The van der Waals surface area contributed by atoms with Crippen LogP contribution in [-0.2, 0) is 11.4 Å². The van der Waals surface area contributed by atoms with E-state index in [9.17, 15) is 9.90 Å². The molecule has 27 heavy (non-hydrogen) atoms. The Morgan fingerprint density at radius 1 is 1.26 bits per heavy atom. The van der Waals surface area contributed by atoms with Gasteiger partial charge in [0.2, 0.25) is 5.16 Å². The normalized spacial score (nSPS) is 11.4. The number of aryl methyl sites for hydroxylation is 1. The van der Waals surface area contributed by atoms with E-state index in [2.05, 4.69) is 15.2 Å². The Kier molecular flexibility index (Phi) is 6.16. The number of aliphatic carboxylic acids is 1. The molecule has 0 aliphatic carbocycles. The van der Waals surface area contributed by atoms with Crippen molar-refractivity contribution in [1.82, 2.24) is 15.2 Å². The maximum Gasteiger partial charge on any atom is 0.342 e. The lowest BCUT2D eigenvalue weighted by atomic mass is 10.2. The fourth-order valence-corrected chi connectivity index (χ4v) is 3.18. The molecular formula is C19H16ClN3O3S. The second-order valence-electron chi connectivity index (χ2n) is 5.54. The highest BCUT2D eigenvalue weighted by Crippen LogP contribution is 2.29. The molecule has 0 fully saturated rings. The molecule has 138 valence electrons. The Hall–Kier alpha value is -2.77. The van der Waals surface area contributed by atoms with Crippen molar-refractivity contribution in [1.29, 1.82) is 0 Å². The van der Waals surface area contributed by atoms with Crippen LogP contribution in [-0.4, -0.2) is 26.3 Å². The van der Waals surface area contributed by atoms with E-state index in [1.807, 2.05) is 30.3 Å². The van der Waals surface area contributed by atoms with Crippen molar-refractivity contribution in [3.05, 3.63) is 75.4 Å². The van der Waals surface area contributed by atoms with E-state index >= 15 is 0 Å². The standard InChI is InChI=1S/C19H16ClN3O3S/c1-12-21-19(23-22-12)27-17(18(24)25)10-13-6-3-5-9-16(13)26-11-14-7-2-4-8-15(14)20/h2-10H,11H2,1H3,(H,24,25)(H,21,22,23)/b17-10-. The summed E-state index contributed by atoms with van der Waals surface area (Å²) in [6.45, 7) is 2.03. The van der Waals surface area contributed by atoms with Crippen LogP contribution in [0, 0.1) is 6.92 Å². The van der Waals surface area contributed by atoms with Gasteiger partial charge in [-0.3, -0.25) is 5.10 Å². The van der Waals surface area contributed by atoms with Crippen LogP contribution in [0.1, 0.15) is 17.0 Å². The Balaban J connectivity index is 1.83. The molecule has 8 heteroatoms. The molecule has 3 aromatic rings. The number of halogens is 1. The zero-order valence-corrected chi connectivity index (χ0v) is 15.9. The lowest BCUT2D eigenvalue weighted by Gasteiger charge is -2.11. The third-order valence-electron chi connectivity index (χ3n) is 3.54. The summed E-state index contributed by atoms with van der Waals surface area (Å²) in [6.07, 6.45) is 1.54. The summed E-state index contributed by atoms with van der Waals surface area (Å²) in [6, 6.07) is 14.6. The van der Waals surface area contributed by atoms with E-state index in [4.69, 9.17) is 16.3 Å². The van der Waals surface area contributed by atoms with Crippen molar-refractivity contribution < 1.29 is 14.6 Å². The van der Waals surface area contributed by atoms with Crippen LogP contribution >= 0.6 is 23.4 Å². The van der Waals surface area contributed by atoms with Crippen molar-refractivity contribution in [2.75, 3.05) is 0 Å². The first-order chi connectivity index (χ1) is 13.0. The van der Waals surface area contributed by atoms with Crippen LogP contribution in [0.5, 0.6) is 5.75 Å². The first-order valence-electron chi connectivity index (χ1n) is 8.00. The van der Waals surface area contributed by atoms with Crippen molar-refractivity contribution in [3.8, 4) is 5.75 Å². The number of nitrogens with zero attached hydrogens (tertiary/aromatic N) is 2. The first-order valence-corrected chi connectivity index (χ1v) is 9.19. The summed E-state index contributed by atoms with van der Waals surface area (Å²) < 4.78 is 5.87. The van der Waals surface area contributed by atoms with Crippen molar-refractivity contribution in [3.63, 3.8) is 0 Å². The number of carboxylic acid groups (broad SMARTS) is 1. The Morgan fingerprint density at radius 3 is 2.70 bits per heavy atom. The van der Waals surface area contributed by atoms with Gasteiger partial charge >= 0.3 is 5.97 Å². The van der Waals surface area contributed by atoms with E-state index in [0.29, 0.717) is 27.3 Å². The van der Waals surface area contributed by atoms with Gasteiger partial charge in [-0.25, -0.2) is 9.78 Å². The number of hydrogen-bond donors (Lipinski definition) is 2. The van der Waals surface area contributed by atoms with Gasteiger partial charge in [0, 0.05) is 16.1 Å². The van der Waals surface area contributed by atoms with Gasteiger partial charge in [0.15, 0.2) is 0 Å². The van der Waals surface area contributed by atoms with Gasteiger partial charge in [0.25, 0.3) is 0 Å². The van der Waals surface area contributed by atoms with Gasteiger partial charge in [-0.1, -0.05) is 48.0 Å². The van der Waals surface area contributed by atoms with Gasteiger partial charge in [-0.05, 0) is 36.9 Å². The van der Waals surface area contributed by atoms with Crippen molar-refractivity contribution in [2.45, 2.75) is 18.7 Å². The van der Waals surface area contributed by atoms with Crippen LogP contribution < -0.4 is 4.74 Å². The molecular weight excluding hydrogens is 386 g/mol. The number of aromatic nitrogens is 3. The Bertz CT molecular complexity index is 988. The molecule has 0 saturated heterocycles. The number of carboxylic acids is 1. The van der Waals surface area contributed by atoms with E-state index in [0.717, 1.165) is 17.3 Å². The number of H-pyrrole nitrogens is 1. The van der Waals surface area contributed by atoms with Crippen LogP contribution in [0.15, 0.2) is 58.6 Å². The van der Waals surface area contributed by atoms with E-state index in [1.54, 1.807) is 31.2 Å². The first kappa shape index (κ1) is 19.0. The number of aromatic amines is 1. The maximum absolute atomic E-state index is 11.6. The molecule has 0 aliphatic heterocycles. The minimum atomic E-state index is -1.07. The molecule has 0 unspecified atom stereocenters. The molecule has 0 atom stereocenters. The quantitative estimate of drug-likeness (QED) is 0.445. The predicted octanol–water partition coefficient (Wildman–Crippen LogP) is 4.56. The number of rotatable bonds is 7. The lowest BCUT2D eigenvalue weighted by Crippen LogP contribution is -2.00. The molecule has 6 nitrogen and oxygen atoms in total. The third-order valence-corrected chi connectivity index (χ3v) is 4.78. The molecule has 0 amide bonds. The maximum atomic E-state index is 11.6. The Morgan fingerprint density at radius 2 is 2.00 bits per heavy atom. The molecule has 1 heterocycles. The van der Waals surface area contributed by atoms with Gasteiger partial charge in [0.05, 0.1) is 0 Å². The number of hydrogen-bond acceptors (Lipinski definition) is 5. The number of ether oxygens (including phenoxy) is 1. The monoisotopic (exact) mass is 401 g/mol. The van der Waals surface area contributed by atoms with Crippen molar-refractivity contribution in [2.24, 2.45) is 0 Å². The SMILES string of the molecule is Cc1nc(S/C(=C\c2ccccc2OCc2ccccc2Cl)C(=O)O)n[nH]1. The summed E-state index contributed by atoms with van der Waals surface area (Å²) in [7, 11) is 0. The van der Waals surface area contributed by atoms with Gasteiger partial charge in [0.1, 0.15) is 23.1 Å². The largest absolute Gasteiger partial charge is 0.488 e. The second kappa shape index (κ2) is 8.75. The minimum absolute atomic E-state index is 0.0859. The second-order valence-corrected chi connectivity index (χ2v) is 6.95. The molecule has 3 rings (SSSR count). The smallest absolute Gasteiger partial charge is 0.342 e. The average Bonchev–Trinajstić information content (AvgIpc) is 3.06. The van der Waals surface area contributed by atoms with Gasteiger partial charge < -0.3 is 9.84 Å². The highest BCUT2D eigenvalue weighted by molar-refractivity contribution is 8.04. The highest BCUT2D eigenvalue weighted by Gasteiger charge is 2.14. The molecule has 0 bridgehead atoms. The highest BCUT2D eigenvalue weighted by atomic mass is 35.5. The number of thioether (sulfide) groups is 1. The van der Waals surface area contributed by atoms with Crippen LogP contribution in [0.25, 0.3) is 6.08 Å². The van der Waals surface area contributed by atoms with Crippen LogP contribution in [0.2, 0.25) is 5.02 Å². The number of benzene rings is 2. The molecule has 0 aliphatic rings. The minimum Gasteiger partial charge on any atom is -0.488 e. The molecule has 2 N–H and O–H groups in total. The summed E-state index contributed by atoms with van der Waals surface area (Å²) in [5.41, 5.74) is 1.49. The molecule has 0 radical (unpaired) electrons. The van der Waals surface area contributed by atoms with Gasteiger partial charge in [-0.15, -0.1) is 5.10 Å². The van der Waals surface area contributed by atoms with Crippen molar-refractivity contribution >= 4 is 35.4 Å². The molecule has 0 saturated carbocycles. The fraction of sp³-hybridized carbons (Fsp3) is 0.105. The van der Waals surface area contributed by atoms with E-state index in [1.165, 1.54) is 0 Å². The fourth-order valence-electron chi connectivity index (χ4n) is 2.24. The summed E-state index contributed by atoms with van der Waals surface area (Å²) in [5, 5.41) is 17.1.